The summed E-state index contributed by atoms with van der Waals surface area (Å²) < 4.78 is 12.6. The molecule has 4 aromatic rings. The fourth-order valence-electron chi connectivity index (χ4n) is 4.92. The number of amides is 1. The quantitative estimate of drug-likeness (QED) is 0.200. The summed E-state index contributed by atoms with van der Waals surface area (Å²) in [6.07, 6.45) is -3.80. The van der Waals surface area contributed by atoms with Crippen LogP contribution in [-0.4, -0.2) is 78.0 Å². The Morgan fingerprint density at radius 2 is 1.67 bits per heavy atom. The average molecular weight is 577 g/mol. The number of imidazole rings is 1. The molecule has 1 amide bonds. The summed E-state index contributed by atoms with van der Waals surface area (Å²) >= 11 is 0. The maximum Gasteiger partial charge on any atom is 0.408 e. The molecule has 12 nitrogen and oxygen atoms in total. The number of alkyl carbamates (subject to hydrolysis) is 1. The van der Waals surface area contributed by atoms with Crippen LogP contribution in [0.25, 0.3) is 11.2 Å². The van der Waals surface area contributed by atoms with Crippen molar-refractivity contribution in [3.05, 3.63) is 83.9 Å². The SMILES string of the molecule is CC(C)(C)OC(=O)NCc1nc(NCC(c2ccccc2)c2ccccc2)c2ncn([C@@H]3O[C@H](CO)[C@@H](O)[C@H]3O)c2n1. The number of aromatic nitrogens is 4. The van der Waals surface area contributed by atoms with E-state index in [-0.39, 0.29) is 18.3 Å². The molecule has 0 aliphatic carbocycles. The number of anilines is 1. The first-order valence-corrected chi connectivity index (χ1v) is 13.8. The zero-order valence-electron chi connectivity index (χ0n) is 23.7. The number of aliphatic hydroxyl groups is 3. The molecule has 12 heteroatoms. The van der Waals surface area contributed by atoms with Gasteiger partial charge < -0.3 is 35.4 Å². The third-order valence-electron chi connectivity index (χ3n) is 6.93. The lowest BCUT2D eigenvalue weighted by atomic mass is 9.91. The number of nitrogens with one attached hydrogen (secondary N) is 2. The number of carbonyl (C=O) groups excluding carboxylic acids is 1. The van der Waals surface area contributed by atoms with Crippen molar-refractivity contribution in [2.45, 2.75) is 63.4 Å². The van der Waals surface area contributed by atoms with E-state index in [9.17, 15) is 20.1 Å². The van der Waals surface area contributed by atoms with Gasteiger partial charge in [0.25, 0.3) is 0 Å². The van der Waals surface area contributed by atoms with Crippen LogP contribution in [0.15, 0.2) is 67.0 Å². The molecule has 1 aliphatic rings. The molecule has 3 heterocycles. The van der Waals surface area contributed by atoms with E-state index in [1.165, 1.54) is 10.9 Å². The molecule has 2 aromatic heterocycles. The van der Waals surface area contributed by atoms with Gasteiger partial charge in [-0.25, -0.2) is 19.7 Å². The Morgan fingerprint density at radius 3 is 2.24 bits per heavy atom. The molecule has 0 radical (unpaired) electrons. The molecule has 5 N–H and O–H groups in total. The van der Waals surface area contributed by atoms with Gasteiger partial charge in [-0.2, -0.15) is 0 Å². The lowest BCUT2D eigenvalue weighted by Crippen LogP contribution is -2.33. The van der Waals surface area contributed by atoms with Crippen molar-refractivity contribution in [3.8, 4) is 0 Å². The second-order valence-electron chi connectivity index (χ2n) is 11.2. The number of ether oxygens (including phenoxy) is 2. The molecule has 42 heavy (non-hydrogen) atoms. The third-order valence-corrected chi connectivity index (χ3v) is 6.93. The van der Waals surface area contributed by atoms with E-state index in [1.54, 1.807) is 20.8 Å². The number of benzene rings is 2. The molecule has 0 saturated carbocycles. The minimum Gasteiger partial charge on any atom is -0.444 e. The molecule has 0 unspecified atom stereocenters. The first kappa shape index (κ1) is 29.4. The Balaban J connectivity index is 1.49. The highest BCUT2D eigenvalue weighted by Gasteiger charge is 2.44. The molecule has 1 fully saturated rings. The van der Waals surface area contributed by atoms with Gasteiger partial charge in [0.05, 0.1) is 19.5 Å². The van der Waals surface area contributed by atoms with Crippen molar-refractivity contribution in [1.82, 2.24) is 24.8 Å². The van der Waals surface area contributed by atoms with Gasteiger partial charge in [-0.05, 0) is 31.9 Å². The van der Waals surface area contributed by atoms with Crippen LogP contribution in [0.4, 0.5) is 10.6 Å². The Hall–Kier alpha value is -4.10. The van der Waals surface area contributed by atoms with Crippen molar-refractivity contribution in [1.29, 1.82) is 0 Å². The highest BCUT2D eigenvalue weighted by Crippen LogP contribution is 2.33. The summed E-state index contributed by atoms with van der Waals surface area (Å²) in [6, 6.07) is 20.2. The van der Waals surface area contributed by atoms with Gasteiger partial charge in [0.2, 0.25) is 0 Å². The summed E-state index contributed by atoms with van der Waals surface area (Å²) in [5.74, 6) is 0.673. The fourth-order valence-corrected chi connectivity index (χ4v) is 4.92. The zero-order valence-corrected chi connectivity index (χ0v) is 23.7. The van der Waals surface area contributed by atoms with Crippen LogP contribution in [0, 0.1) is 0 Å². The Morgan fingerprint density at radius 1 is 1.02 bits per heavy atom. The van der Waals surface area contributed by atoms with Gasteiger partial charge in [-0.1, -0.05) is 60.7 Å². The first-order chi connectivity index (χ1) is 20.1. The Bertz CT molecular complexity index is 1450. The second-order valence-corrected chi connectivity index (χ2v) is 11.2. The Labute approximate surface area is 243 Å². The number of fused-ring (bicyclic) bond motifs is 1. The van der Waals surface area contributed by atoms with Gasteiger partial charge in [0.1, 0.15) is 23.9 Å². The predicted molar refractivity (Wildman–Crippen MR) is 155 cm³/mol. The lowest BCUT2D eigenvalue weighted by molar-refractivity contribution is -0.0511. The average Bonchev–Trinajstić information content (AvgIpc) is 3.52. The predicted octanol–water partition coefficient (Wildman–Crippen LogP) is 2.71. The molecule has 5 rings (SSSR count). The Kier molecular flexibility index (Phi) is 8.69. The van der Waals surface area contributed by atoms with Crippen molar-refractivity contribution >= 4 is 23.1 Å². The van der Waals surface area contributed by atoms with Crippen molar-refractivity contribution in [2.24, 2.45) is 0 Å². The van der Waals surface area contributed by atoms with Crippen LogP contribution in [0.2, 0.25) is 0 Å². The molecular formula is C30H36N6O6. The van der Waals surface area contributed by atoms with E-state index in [2.05, 4.69) is 49.9 Å². The van der Waals surface area contributed by atoms with Gasteiger partial charge in [-0.3, -0.25) is 4.57 Å². The van der Waals surface area contributed by atoms with Gasteiger partial charge in [0, 0.05) is 12.5 Å². The van der Waals surface area contributed by atoms with Crippen LogP contribution in [0.1, 0.15) is 49.9 Å². The largest absolute Gasteiger partial charge is 0.444 e. The number of carbonyl (C=O) groups is 1. The summed E-state index contributed by atoms with van der Waals surface area (Å²) in [6.45, 7) is 5.28. The van der Waals surface area contributed by atoms with Crippen molar-refractivity contribution < 1.29 is 29.6 Å². The summed E-state index contributed by atoms with van der Waals surface area (Å²) in [5.41, 5.74) is 2.29. The number of nitrogens with zero attached hydrogens (tertiary/aromatic N) is 4. The molecule has 1 aliphatic heterocycles. The van der Waals surface area contributed by atoms with E-state index >= 15 is 0 Å². The van der Waals surface area contributed by atoms with Gasteiger partial charge in [-0.15, -0.1) is 0 Å². The van der Waals surface area contributed by atoms with Crippen LogP contribution in [0.3, 0.4) is 0 Å². The molecule has 4 atom stereocenters. The molecular weight excluding hydrogens is 540 g/mol. The van der Waals surface area contributed by atoms with Gasteiger partial charge in [0.15, 0.2) is 29.0 Å². The van der Waals surface area contributed by atoms with E-state index in [4.69, 9.17) is 9.47 Å². The fraction of sp³-hybridized carbons (Fsp3) is 0.400. The van der Waals surface area contributed by atoms with E-state index in [1.807, 2.05) is 36.4 Å². The summed E-state index contributed by atoms with van der Waals surface area (Å²) in [7, 11) is 0. The van der Waals surface area contributed by atoms with Gasteiger partial charge >= 0.3 is 6.09 Å². The zero-order chi connectivity index (χ0) is 29.9. The molecule has 1 saturated heterocycles. The number of rotatable bonds is 9. The summed E-state index contributed by atoms with van der Waals surface area (Å²) in [5, 5.41) is 36.7. The lowest BCUT2D eigenvalue weighted by Gasteiger charge is -2.21. The van der Waals surface area contributed by atoms with Crippen molar-refractivity contribution in [2.75, 3.05) is 18.5 Å². The smallest absolute Gasteiger partial charge is 0.408 e. The van der Waals surface area contributed by atoms with E-state index < -0.39 is 42.8 Å². The monoisotopic (exact) mass is 576 g/mol. The molecule has 2 aromatic carbocycles. The molecule has 222 valence electrons. The number of aliphatic hydroxyl groups excluding tert-OH is 3. The van der Waals surface area contributed by atoms with Crippen LogP contribution in [0.5, 0.6) is 0 Å². The highest BCUT2D eigenvalue weighted by molar-refractivity contribution is 5.83. The minimum absolute atomic E-state index is 0.0108. The van der Waals surface area contributed by atoms with E-state index in [0.717, 1.165) is 11.1 Å². The number of hydrogen-bond donors (Lipinski definition) is 5. The molecule has 0 bridgehead atoms. The normalized spacial score (nSPS) is 20.6. The topological polar surface area (TPSA) is 164 Å². The highest BCUT2D eigenvalue weighted by atomic mass is 16.6. The standard InChI is InChI=1S/C30H36N6O6/c1-30(2,3)42-29(40)32-15-22-34-26(31-14-20(18-10-6-4-7-11-18)19-12-8-5-9-13-19)23-27(35-22)36(17-33-23)28-25(39)24(38)21(16-37)41-28/h4-13,17,20-21,24-25,28,37-39H,14-16H2,1-3H3,(H,32,40)(H,31,34,35)/t21-,24-,25-,28-/m1/s1. The number of hydrogen-bond acceptors (Lipinski definition) is 10. The maximum atomic E-state index is 12.4. The second kappa shape index (κ2) is 12.4. The maximum absolute atomic E-state index is 12.4. The minimum atomic E-state index is -1.32. The van der Waals surface area contributed by atoms with Crippen LogP contribution < -0.4 is 10.6 Å². The third kappa shape index (κ3) is 6.52. The van der Waals surface area contributed by atoms with Crippen LogP contribution >= 0.6 is 0 Å². The van der Waals surface area contributed by atoms with Crippen molar-refractivity contribution in [3.63, 3.8) is 0 Å². The first-order valence-electron chi connectivity index (χ1n) is 13.8. The molecule has 0 spiro atoms. The van der Waals surface area contributed by atoms with Crippen LogP contribution in [-0.2, 0) is 16.0 Å². The summed E-state index contributed by atoms with van der Waals surface area (Å²) in [4.78, 5) is 26.1. The van der Waals surface area contributed by atoms with E-state index in [0.29, 0.717) is 23.5 Å².